The first-order valence-corrected chi connectivity index (χ1v) is 6.48. The summed E-state index contributed by atoms with van der Waals surface area (Å²) in [6.45, 7) is 7.28. The molecule has 0 aliphatic carbocycles. The molecule has 0 aromatic rings. The topological polar surface area (TPSA) is 55.6 Å². The fourth-order valence-electron chi connectivity index (χ4n) is 2.21. The van der Waals surface area contributed by atoms with Crippen molar-refractivity contribution in [3.8, 4) is 0 Å². The number of rotatable bonds is 5. The molecular formula is C13H24N2O2. The summed E-state index contributed by atoms with van der Waals surface area (Å²) < 4.78 is 4.83. The monoisotopic (exact) mass is 240 g/mol. The summed E-state index contributed by atoms with van der Waals surface area (Å²) in [6, 6.07) is 0.338. The van der Waals surface area contributed by atoms with Crippen molar-refractivity contribution in [2.24, 2.45) is 11.7 Å². The molecule has 1 rings (SSSR count). The maximum Gasteiger partial charge on any atom is 0.330 e. The molecule has 0 saturated carbocycles. The standard InChI is InChI=1S/C13H24N2O2/c1-3-11-10-15(9-7-12(11)14)8-5-6-13(16)17-4-2/h5-6,11-12H,3-4,7-10,14H2,1-2H3/b6-5+. The minimum Gasteiger partial charge on any atom is -0.463 e. The van der Waals surface area contributed by atoms with Crippen LogP contribution in [0.5, 0.6) is 0 Å². The summed E-state index contributed by atoms with van der Waals surface area (Å²) >= 11 is 0. The normalized spacial score (nSPS) is 26.3. The molecule has 2 N–H and O–H groups in total. The molecule has 1 aliphatic heterocycles. The zero-order chi connectivity index (χ0) is 12.7. The SMILES string of the molecule is CCOC(=O)/C=C/CN1CCC(N)C(CC)C1. The van der Waals surface area contributed by atoms with Gasteiger partial charge in [-0.1, -0.05) is 19.4 Å². The van der Waals surface area contributed by atoms with E-state index in [-0.39, 0.29) is 5.97 Å². The Morgan fingerprint density at radius 3 is 2.94 bits per heavy atom. The first kappa shape index (κ1) is 14.2. The highest BCUT2D eigenvalue weighted by Gasteiger charge is 2.24. The second kappa shape index (κ2) is 7.45. The number of likely N-dealkylation sites (tertiary alicyclic amines) is 1. The van der Waals surface area contributed by atoms with Gasteiger partial charge in [-0.05, 0) is 25.8 Å². The van der Waals surface area contributed by atoms with Crippen LogP contribution in [0, 0.1) is 5.92 Å². The van der Waals surface area contributed by atoms with Crippen LogP contribution in [0.15, 0.2) is 12.2 Å². The van der Waals surface area contributed by atoms with Crippen molar-refractivity contribution in [3.05, 3.63) is 12.2 Å². The summed E-state index contributed by atoms with van der Waals surface area (Å²) in [5.74, 6) is 0.327. The minimum atomic E-state index is -0.256. The maximum absolute atomic E-state index is 11.1. The van der Waals surface area contributed by atoms with Gasteiger partial charge >= 0.3 is 5.97 Å². The molecule has 2 atom stereocenters. The molecule has 0 bridgehead atoms. The van der Waals surface area contributed by atoms with Gasteiger partial charge in [-0.25, -0.2) is 4.79 Å². The first-order chi connectivity index (χ1) is 8.17. The van der Waals surface area contributed by atoms with Gasteiger partial charge in [0.2, 0.25) is 0 Å². The average Bonchev–Trinajstić information content (AvgIpc) is 2.31. The molecule has 0 spiro atoms. The number of carbonyl (C=O) groups excluding carboxylic acids is 1. The molecule has 2 unspecified atom stereocenters. The fraction of sp³-hybridized carbons (Fsp3) is 0.769. The molecule has 1 fully saturated rings. The van der Waals surface area contributed by atoms with Gasteiger partial charge in [-0.15, -0.1) is 0 Å². The number of esters is 1. The van der Waals surface area contributed by atoms with Crippen molar-refractivity contribution in [1.29, 1.82) is 0 Å². The maximum atomic E-state index is 11.1. The molecular weight excluding hydrogens is 216 g/mol. The zero-order valence-corrected chi connectivity index (χ0v) is 10.9. The van der Waals surface area contributed by atoms with Crippen LogP contribution in [0.25, 0.3) is 0 Å². The van der Waals surface area contributed by atoms with E-state index in [1.807, 2.05) is 13.0 Å². The molecule has 1 saturated heterocycles. The lowest BCUT2D eigenvalue weighted by Crippen LogP contribution is -2.46. The van der Waals surface area contributed by atoms with Crippen LogP contribution in [0.2, 0.25) is 0 Å². The van der Waals surface area contributed by atoms with E-state index in [1.54, 1.807) is 0 Å². The number of nitrogens with two attached hydrogens (primary N) is 1. The lowest BCUT2D eigenvalue weighted by Gasteiger charge is -2.35. The van der Waals surface area contributed by atoms with E-state index in [2.05, 4.69) is 11.8 Å². The van der Waals surface area contributed by atoms with E-state index in [9.17, 15) is 4.79 Å². The summed E-state index contributed by atoms with van der Waals surface area (Å²) in [4.78, 5) is 13.5. The van der Waals surface area contributed by atoms with Crippen molar-refractivity contribution in [3.63, 3.8) is 0 Å². The molecule has 0 aromatic carbocycles. The minimum absolute atomic E-state index is 0.256. The Bertz CT molecular complexity index is 266. The van der Waals surface area contributed by atoms with Crippen molar-refractivity contribution in [2.75, 3.05) is 26.2 Å². The third-order valence-corrected chi connectivity index (χ3v) is 3.31. The lowest BCUT2D eigenvalue weighted by molar-refractivity contribution is -0.137. The second-order valence-corrected chi connectivity index (χ2v) is 4.53. The number of carbonyl (C=O) groups is 1. The van der Waals surface area contributed by atoms with Gasteiger partial charge in [0.25, 0.3) is 0 Å². The first-order valence-electron chi connectivity index (χ1n) is 6.48. The Labute approximate surface area is 104 Å². The van der Waals surface area contributed by atoms with Crippen LogP contribution in [0.1, 0.15) is 26.7 Å². The Balaban J connectivity index is 2.30. The number of hydrogen-bond donors (Lipinski definition) is 1. The molecule has 17 heavy (non-hydrogen) atoms. The van der Waals surface area contributed by atoms with E-state index in [0.717, 1.165) is 32.5 Å². The van der Waals surface area contributed by atoms with Gasteiger partial charge in [-0.2, -0.15) is 0 Å². The van der Waals surface area contributed by atoms with Gasteiger partial charge in [0.05, 0.1) is 6.61 Å². The van der Waals surface area contributed by atoms with Gasteiger partial charge in [-0.3, -0.25) is 4.90 Å². The molecule has 4 heteroatoms. The zero-order valence-electron chi connectivity index (χ0n) is 10.9. The van der Waals surface area contributed by atoms with E-state index in [0.29, 0.717) is 18.6 Å². The highest BCUT2D eigenvalue weighted by molar-refractivity contribution is 5.81. The van der Waals surface area contributed by atoms with Crippen molar-refractivity contribution in [2.45, 2.75) is 32.7 Å². The van der Waals surface area contributed by atoms with E-state index < -0.39 is 0 Å². The predicted octanol–water partition coefficient (Wildman–Crippen LogP) is 1.16. The van der Waals surface area contributed by atoms with Gasteiger partial charge in [0, 0.05) is 25.2 Å². The highest BCUT2D eigenvalue weighted by atomic mass is 16.5. The molecule has 4 nitrogen and oxygen atoms in total. The van der Waals surface area contributed by atoms with E-state index in [1.165, 1.54) is 6.08 Å². The molecule has 0 aromatic heterocycles. The number of hydrogen-bond acceptors (Lipinski definition) is 4. The molecule has 0 amide bonds. The lowest BCUT2D eigenvalue weighted by atomic mass is 9.91. The molecule has 0 radical (unpaired) electrons. The number of nitrogens with zero attached hydrogens (tertiary/aromatic N) is 1. The second-order valence-electron chi connectivity index (χ2n) is 4.53. The number of piperidine rings is 1. The van der Waals surface area contributed by atoms with Gasteiger partial charge in [0.1, 0.15) is 0 Å². The smallest absolute Gasteiger partial charge is 0.330 e. The third-order valence-electron chi connectivity index (χ3n) is 3.31. The Morgan fingerprint density at radius 1 is 1.53 bits per heavy atom. The molecule has 1 aliphatic rings. The third kappa shape index (κ3) is 4.88. The van der Waals surface area contributed by atoms with Crippen molar-refractivity contribution in [1.82, 2.24) is 4.90 Å². The molecule has 1 heterocycles. The largest absolute Gasteiger partial charge is 0.463 e. The van der Waals surface area contributed by atoms with E-state index in [4.69, 9.17) is 10.5 Å². The van der Waals surface area contributed by atoms with Crippen LogP contribution < -0.4 is 5.73 Å². The van der Waals surface area contributed by atoms with Crippen LogP contribution in [0.3, 0.4) is 0 Å². The van der Waals surface area contributed by atoms with Crippen LogP contribution >= 0.6 is 0 Å². The summed E-state index contributed by atoms with van der Waals surface area (Å²) in [7, 11) is 0. The van der Waals surface area contributed by atoms with Crippen LogP contribution in [-0.4, -0.2) is 43.2 Å². The Morgan fingerprint density at radius 2 is 2.29 bits per heavy atom. The Kier molecular flexibility index (Phi) is 6.22. The van der Waals surface area contributed by atoms with Crippen LogP contribution in [0.4, 0.5) is 0 Å². The summed E-state index contributed by atoms with van der Waals surface area (Å²) in [5, 5.41) is 0. The highest BCUT2D eigenvalue weighted by Crippen LogP contribution is 2.18. The van der Waals surface area contributed by atoms with Crippen LogP contribution in [-0.2, 0) is 9.53 Å². The quantitative estimate of drug-likeness (QED) is 0.579. The molecule has 98 valence electrons. The predicted molar refractivity (Wildman–Crippen MR) is 68.6 cm³/mol. The van der Waals surface area contributed by atoms with E-state index >= 15 is 0 Å². The summed E-state index contributed by atoms with van der Waals surface area (Å²) in [6.07, 6.45) is 5.56. The Hall–Kier alpha value is -0.870. The number of ether oxygens (including phenoxy) is 1. The fourth-order valence-corrected chi connectivity index (χ4v) is 2.21. The summed E-state index contributed by atoms with van der Waals surface area (Å²) in [5.41, 5.74) is 6.05. The van der Waals surface area contributed by atoms with Crippen molar-refractivity contribution < 1.29 is 9.53 Å². The van der Waals surface area contributed by atoms with Gasteiger partial charge in [0.15, 0.2) is 0 Å². The van der Waals surface area contributed by atoms with Gasteiger partial charge < -0.3 is 10.5 Å². The van der Waals surface area contributed by atoms with Crippen molar-refractivity contribution >= 4 is 5.97 Å². The average molecular weight is 240 g/mol.